The fourth-order valence-electron chi connectivity index (χ4n) is 5.63. The molecule has 0 unspecified atom stereocenters. The molecule has 0 radical (unpaired) electrons. The van der Waals surface area contributed by atoms with Crippen LogP contribution in [0.3, 0.4) is 0 Å². The lowest BCUT2D eigenvalue weighted by Gasteiger charge is -2.31. The van der Waals surface area contributed by atoms with Gasteiger partial charge in [0, 0.05) is 32.1 Å². The molecule has 35 heavy (non-hydrogen) atoms. The molecule has 7 heteroatoms. The predicted octanol–water partition coefficient (Wildman–Crippen LogP) is 4.31. The second-order valence-corrected chi connectivity index (χ2v) is 12.1. The third-order valence-corrected chi connectivity index (χ3v) is 9.65. The summed E-state index contributed by atoms with van der Waals surface area (Å²) in [4.78, 5) is 15.9. The van der Waals surface area contributed by atoms with Crippen LogP contribution >= 0.6 is 0 Å². The van der Waals surface area contributed by atoms with E-state index in [1.165, 1.54) is 24.8 Å². The molecule has 0 atom stereocenters. The van der Waals surface area contributed by atoms with Crippen molar-refractivity contribution < 1.29 is 13.2 Å². The summed E-state index contributed by atoms with van der Waals surface area (Å²) in [7, 11) is -3.57. The lowest BCUT2D eigenvalue weighted by molar-refractivity contribution is -0.126. The van der Waals surface area contributed by atoms with Gasteiger partial charge in [0.15, 0.2) is 0 Å². The maximum Gasteiger partial charge on any atom is 0.243 e. The van der Waals surface area contributed by atoms with Crippen LogP contribution in [0.5, 0.6) is 0 Å². The number of nitrogens with one attached hydrogen (secondary N) is 1. The Morgan fingerprint density at radius 3 is 2.14 bits per heavy atom. The molecule has 0 saturated carbocycles. The Morgan fingerprint density at radius 1 is 0.914 bits per heavy atom. The highest BCUT2D eigenvalue weighted by atomic mass is 32.2. The molecule has 0 bridgehead atoms. The van der Waals surface area contributed by atoms with Crippen molar-refractivity contribution in [3.05, 3.63) is 64.2 Å². The Hall–Kier alpha value is -2.22. The average molecular weight is 498 g/mol. The van der Waals surface area contributed by atoms with Gasteiger partial charge in [0.1, 0.15) is 0 Å². The van der Waals surface area contributed by atoms with Crippen LogP contribution in [0.4, 0.5) is 0 Å². The van der Waals surface area contributed by atoms with Crippen molar-refractivity contribution in [2.24, 2.45) is 5.92 Å². The Morgan fingerprint density at radius 2 is 1.51 bits per heavy atom. The van der Waals surface area contributed by atoms with Gasteiger partial charge in [0.2, 0.25) is 15.9 Å². The summed E-state index contributed by atoms with van der Waals surface area (Å²) in [6, 6.07) is 12.2. The highest BCUT2D eigenvalue weighted by Crippen LogP contribution is 2.29. The van der Waals surface area contributed by atoms with Crippen molar-refractivity contribution in [2.45, 2.75) is 70.9 Å². The number of hydrogen-bond donors (Lipinski definition) is 1. The molecule has 2 fully saturated rings. The van der Waals surface area contributed by atoms with E-state index >= 15 is 0 Å². The number of amides is 1. The lowest BCUT2D eigenvalue weighted by Crippen LogP contribution is -2.43. The zero-order chi connectivity index (χ0) is 25.0. The average Bonchev–Trinajstić information content (AvgIpc) is 2.83. The van der Waals surface area contributed by atoms with Crippen molar-refractivity contribution in [3.63, 3.8) is 0 Å². The minimum absolute atomic E-state index is 0.0255. The number of hydrogen-bond acceptors (Lipinski definition) is 4. The van der Waals surface area contributed by atoms with Crippen LogP contribution in [0.25, 0.3) is 0 Å². The molecule has 0 aromatic heterocycles. The molecule has 2 aromatic carbocycles. The number of carbonyl (C=O) groups excluding carboxylic acids is 1. The molecule has 2 heterocycles. The van der Waals surface area contributed by atoms with Gasteiger partial charge >= 0.3 is 0 Å². The summed E-state index contributed by atoms with van der Waals surface area (Å²) in [6.45, 7) is 10.2. The molecule has 6 nitrogen and oxygen atoms in total. The maximum atomic E-state index is 13.3. The van der Waals surface area contributed by atoms with Crippen molar-refractivity contribution in [2.75, 3.05) is 26.2 Å². The summed E-state index contributed by atoms with van der Waals surface area (Å²) in [5, 5.41) is 3.13. The van der Waals surface area contributed by atoms with Gasteiger partial charge in [-0.05, 0) is 81.8 Å². The van der Waals surface area contributed by atoms with Crippen LogP contribution in [-0.4, -0.2) is 49.7 Å². The molecular weight excluding hydrogens is 458 g/mol. The SMILES string of the molecule is Cc1cc(C)c(S(=O)(=O)N2CCC(C(=O)NCc3ccccc3CN3CCCCC3)CC2)c(C)c1. The van der Waals surface area contributed by atoms with E-state index in [0.717, 1.165) is 41.9 Å². The molecule has 2 saturated heterocycles. The quantitative estimate of drug-likeness (QED) is 0.619. The standard InChI is InChI=1S/C28H39N3O3S/c1-21-17-22(2)27(23(3)18-21)35(33,34)31-15-11-24(12-16-31)28(32)29-19-25-9-5-6-10-26(25)20-30-13-7-4-8-14-30/h5-6,9-10,17-18,24H,4,7-8,11-16,19-20H2,1-3H3,(H,29,32). The fraction of sp³-hybridized carbons (Fsp3) is 0.536. The number of piperidine rings is 2. The van der Waals surface area contributed by atoms with Crippen LogP contribution < -0.4 is 5.32 Å². The monoisotopic (exact) mass is 497 g/mol. The summed E-state index contributed by atoms with van der Waals surface area (Å²) < 4.78 is 28.3. The molecule has 4 rings (SSSR count). The van der Waals surface area contributed by atoms with Crippen molar-refractivity contribution in [1.29, 1.82) is 0 Å². The first-order chi connectivity index (χ1) is 16.8. The summed E-state index contributed by atoms with van der Waals surface area (Å²) in [6.07, 6.45) is 4.93. The number of nitrogens with zero attached hydrogens (tertiary/aromatic N) is 2. The van der Waals surface area contributed by atoms with E-state index in [0.29, 0.717) is 37.4 Å². The number of carbonyl (C=O) groups is 1. The molecule has 2 aromatic rings. The van der Waals surface area contributed by atoms with E-state index in [2.05, 4.69) is 28.4 Å². The second-order valence-electron chi connectivity index (χ2n) is 10.2. The van der Waals surface area contributed by atoms with E-state index in [1.54, 1.807) is 4.31 Å². The van der Waals surface area contributed by atoms with Gasteiger partial charge in [-0.3, -0.25) is 9.69 Å². The summed E-state index contributed by atoms with van der Waals surface area (Å²) in [5.74, 6) is -0.131. The van der Waals surface area contributed by atoms with Gasteiger partial charge in [-0.25, -0.2) is 8.42 Å². The molecule has 0 aliphatic carbocycles. The van der Waals surface area contributed by atoms with Gasteiger partial charge in [-0.2, -0.15) is 4.31 Å². The van der Waals surface area contributed by atoms with Gasteiger partial charge in [0.25, 0.3) is 0 Å². The molecule has 190 valence electrons. The third-order valence-electron chi connectivity index (χ3n) is 7.44. The molecular formula is C28H39N3O3S. The van der Waals surface area contributed by atoms with Gasteiger partial charge < -0.3 is 5.32 Å². The molecule has 0 spiro atoms. The van der Waals surface area contributed by atoms with Crippen LogP contribution in [-0.2, 0) is 27.9 Å². The first-order valence-corrected chi connectivity index (χ1v) is 14.3. The van der Waals surface area contributed by atoms with Crippen molar-refractivity contribution in [1.82, 2.24) is 14.5 Å². The van der Waals surface area contributed by atoms with Crippen LogP contribution in [0.2, 0.25) is 0 Å². The Labute approximate surface area is 210 Å². The minimum atomic E-state index is -3.57. The number of likely N-dealkylation sites (tertiary alicyclic amines) is 1. The number of benzene rings is 2. The molecule has 1 amide bonds. The van der Waals surface area contributed by atoms with Crippen LogP contribution in [0.15, 0.2) is 41.3 Å². The Balaban J connectivity index is 1.33. The molecule has 1 N–H and O–H groups in total. The molecule has 2 aliphatic rings. The van der Waals surface area contributed by atoms with Crippen LogP contribution in [0, 0.1) is 26.7 Å². The first kappa shape index (κ1) is 25.9. The zero-order valence-corrected chi connectivity index (χ0v) is 22.2. The normalized spacial score (nSPS) is 18.5. The lowest BCUT2D eigenvalue weighted by atomic mass is 9.97. The van der Waals surface area contributed by atoms with Crippen molar-refractivity contribution in [3.8, 4) is 0 Å². The van der Waals surface area contributed by atoms with Gasteiger partial charge in [-0.1, -0.05) is 48.4 Å². The first-order valence-electron chi connectivity index (χ1n) is 12.9. The highest BCUT2D eigenvalue weighted by Gasteiger charge is 2.33. The number of sulfonamides is 1. The van der Waals surface area contributed by atoms with E-state index in [4.69, 9.17) is 0 Å². The van der Waals surface area contributed by atoms with E-state index in [9.17, 15) is 13.2 Å². The van der Waals surface area contributed by atoms with E-state index in [1.807, 2.05) is 39.0 Å². The van der Waals surface area contributed by atoms with E-state index in [-0.39, 0.29) is 11.8 Å². The maximum absolute atomic E-state index is 13.3. The third kappa shape index (κ3) is 6.13. The predicted molar refractivity (Wildman–Crippen MR) is 140 cm³/mol. The zero-order valence-electron chi connectivity index (χ0n) is 21.3. The van der Waals surface area contributed by atoms with E-state index < -0.39 is 10.0 Å². The Kier molecular flexibility index (Phi) is 8.30. The fourth-order valence-corrected chi connectivity index (χ4v) is 7.51. The van der Waals surface area contributed by atoms with Gasteiger partial charge in [0.05, 0.1) is 4.90 Å². The van der Waals surface area contributed by atoms with Crippen LogP contribution in [0.1, 0.15) is 59.9 Å². The number of aryl methyl sites for hydroxylation is 3. The number of rotatable bonds is 7. The summed E-state index contributed by atoms with van der Waals surface area (Å²) >= 11 is 0. The molecule has 2 aliphatic heterocycles. The minimum Gasteiger partial charge on any atom is -0.352 e. The smallest absolute Gasteiger partial charge is 0.243 e. The Bertz CT molecular complexity index is 1120. The topological polar surface area (TPSA) is 69.7 Å². The van der Waals surface area contributed by atoms with Crippen molar-refractivity contribution >= 4 is 15.9 Å². The largest absolute Gasteiger partial charge is 0.352 e. The second kappa shape index (κ2) is 11.2. The van der Waals surface area contributed by atoms with Gasteiger partial charge in [-0.15, -0.1) is 0 Å². The summed E-state index contributed by atoms with van der Waals surface area (Å²) in [5.41, 5.74) is 5.07. The highest BCUT2D eigenvalue weighted by molar-refractivity contribution is 7.89.